The summed E-state index contributed by atoms with van der Waals surface area (Å²) in [6.07, 6.45) is 0.725. The van der Waals surface area contributed by atoms with Crippen molar-refractivity contribution in [3.05, 3.63) is 0 Å². The summed E-state index contributed by atoms with van der Waals surface area (Å²) in [5, 5.41) is 29.4. The molecule has 17 heavy (non-hydrogen) atoms. The highest BCUT2D eigenvalue weighted by molar-refractivity contribution is 5.77. The van der Waals surface area contributed by atoms with Crippen molar-refractivity contribution in [1.29, 1.82) is 5.41 Å². The molecule has 0 aromatic rings. The highest BCUT2D eigenvalue weighted by Gasteiger charge is 2.22. The number of carboxylic acids is 2. The monoisotopic (exact) mass is 246 g/mol. The fourth-order valence-electron chi connectivity index (χ4n) is 1.18. The zero-order valence-corrected chi connectivity index (χ0v) is 9.56. The molecule has 0 aliphatic heterocycles. The molecule has 0 rings (SSSR count). The Morgan fingerprint density at radius 1 is 1.35 bits per heavy atom. The van der Waals surface area contributed by atoms with Crippen molar-refractivity contribution in [3.63, 3.8) is 0 Å². The maximum Gasteiger partial charge on any atom is 0.320 e. The van der Waals surface area contributed by atoms with Gasteiger partial charge in [-0.05, 0) is 19.8 Å². The van der Waals surface area contributed by atoms with Gasteiger partial charge in [0.1, 0.15) is 12.1 Å². The summed E-state index contributed by atoms with van der Waals surface area (Å²) < 4.78 is 0. The van der Waals surface area contributed by atoms with Gasteiger partial charge in [0.05, 0.1) is 0 Å². The van der Waals surface area contributed by atoms with E-state index < -0.39 is 24.0 Å². The summed E-state index contributed by atoms with van der Waals surface area (Å²) in [5.74, 6) is -2.37. The Bertz CT molecular complexity index is 295. The minimum Gasteiger partial charge on any atom is -0.480 e. The topological polar surface area (TPSA) is 149 Å². The van der Waals surface area contributed by atoms with Gasteiger partial charge >= 0.3 is 11.9 Å². The Labute approximate surface area is 98.7 Å². The fourth-order valence-corrected chi connectivity index (χ4v) is 1.18. The average molecular weight is 246 g/mol. The first-order valence-corrected chi connectivity index (χ1v) is 5.14. The summed E-state index contributed by atoms with van der Waals surface area (Å²) in [6.45, 7) is 1.76. The summed E-state index contributed by atoms with van der Waals surface area (Å²) in [5.41, 5.74) is 5.05. The van der Waals surface area contributed by atoms with Crippen molar-refractivity contribution in [2.24, 2.45) is 5.73 Å². The van der Waals surface area contributed by atoms with E-state index in [-0.39, 0.29) is 12.4 Å². The van der Waals surface area contributed by atoms with Crippen molar-refractivity contribution in [2.45, 2.75) is 31.8 Å². The molecule has 0 bridgehead atoms. The molecule has 0 unspecified atom stereocenters. The third-order valence-corrected chi connectivity index (χ3v) is 2.10. The molecule has 0 amide bonds. The van der Waals surface area contributed by atoms with Crippen molar-refractivity contribution >= 4 is 17.9 Å². The van der Waals surface area contributed by atoms with Gasteiger partial charge in [-0.25, -0.2) is 0 Å². The number of guanidine groups is 1. The number of nitrogens with one attached hydrogen (secondary N) is 3. The number of nitrogens with two attached hydrogens (primary N) is 1. The van der Waals surface area contributed by atoms with E-state index in [9.17, 15) is 9.59 Å². The molecule has 0 aliphatic rings. The van der Waals surface area contributed by atoms with Crippen LogP contribution < -0.4 is 16.4 Å². The first-order valence-electron chi connectivity index (χ1n) is 5.14. The maximum absolute atomic E-state index is 10.8. The second-order valence-corrected chi connectivity index (χ2v) is 3.60. The Morgan fingerprint density at radius 3 is 2.35 bits per heavy atom. The van der Waals surface area contributed by atoms with Gasteiger partial charge in [0.2, 0.25) is 0 Å². The summed E-state index contributed by atoms with van der Waals surface area (Å²) in [7, 11) is 0. The predicted octanol–water partition coefficient (Wildman–Crippen LogP) is -1.23. The van der Waals surface area contributed by atoms with Gasteiger partial charge in [-0.1, -0.05) is 0 Å². The predicted molar refractivity (Wildman–Crippen MR) is 60.8 cm³/mol. The van der Waals surface area contributed by atoms with E-state index >= 15 is 0 Å². The van der Waals surface area contributed by atoms with E-state index in [4.69, 9.17) is 21.4 Å². The molecule has 8 heteroatoms. The molecule has 0 saturated heterocycles. The van der Waals surface area contributed by atoms with Crippen LogP contribution in [0.2, 0.25) is 0 Å². The lowest BCUT2D eigenvalue weighted by molar-refractivity contribution is -0.142. The first kappa shape index (κ1) is 15.2. The van der Waals surface area contributed by atoms with E-state index in [0.29, 0.717) is 13.0 Å². The number of carbonyl (C=O) groups is 2. The molecule has 0 aliphatic carbocycles. The molecular formula is C9H18N4O4. The third-order valence-electron chi connectivity index (χ3n) is 2.10. The van der Waals surface area contributed by atoms with E-state index in [1.54, 1.807) is 0 Å². The van der Waals surface area contributed by atoms with Gasteiger partial charge in [-0.15, -0.1) is 0 Å². The number of hydrogen-bond donors (Lipinski definition) is 6. The molecule has 98 valence electrons. The van der Waals surface area contributed by atoms with Crippen LogP contribution in [0.15, 0.2) is 0 Å². The van der Waals surface area contributed by atoms with Crippen LogP contribution in [-0.2, 0) is 9.59 Å². The Hall–Kier alpha value is -1.83. The van der Waals surface area contributed by atoms with Crippen molar-refractivity contribution in [1.82, 2.24) is 10.6 Å². The fraction of sp³-hybridized carbons (Fsp3) is 0.667. The van der Waals surface area contributed by atoms with E-state index in [0.717, 1.165) is 0 Å². The zero-order valence-electron chi connectivity index (χ0n) is 9.56. The Morgan fingerprint density at radius 2 is 1.94 bits per heavy atom. The number of carboxylic acid groups (broad SMARTS) is 2. The van der Waals surface area contributed by atoms with Crippen molar-refractivity contribution in [2.75, 3.05) is 6.54 Å². The standard InChI is InChI=1S/C9H18N4O4/c1-5(7(14)15)13-6(8(16)17)3-2-4-12-9(10)11/h5-6,13H,2-4H2,1H3,(H,14,15)(H,16,17)(H4,10,11,12)/t5-,6-/m0/s1. The highest BCUT2D eigenvalue weighted by atomic mass is 16.4. The van der Waals surface area contributed by atoms with E-state index in [1.165, 1.54) is 6.92 Å². The molecular weight excluding hydrogens is 228 g/mol. The van der Waals surface area contributed by atoms with Crippen molar-refractivity contribution in [3.8, 4) is 0 Å². The molecule has 0 aromatic carbocycles. The first-order chi connectivity index (χ1) is 7.84. The molecule has 0 aromatic heterocycles. The zero-order chi connectivity index (χ0) is 13.4. The van der Waals surface area contributed by atoms with Gasteiger partial charge in [0, 0.05) is 6.54 Å². The van der Waals surface area contributed by atoms with Gasteiger partial charge in [0.25, 0.3) is 0 Å². The lowest BCUT2D eigenvalue weighted by atomic mass is 10.1. The molecule has 0 fully saturated rings. The van der Waals surface area contributed by atoms with Crippen LogP contribution in [0.25, 0.3) is 0 Å². The summed E-state index contributed by atoms with van der Waals surface area (Å²) >= 11 is 0. The number of hydrogen-bond acceptors (Lipinski definition) is 4. The molecule has 0 spiro atoms. The second-order valence-electron chi connectivity index (χ2n) is 3.60. The minimum atomic E-state index is -1.10. The lowest BCUT2D eigenvalue weighted by Gasteiger charge is -2.17. The Balaban J connectivity index is 4.03. The molecule has 8 nitrogen and oxygen atoms in total. The van der Waals surface area contributed by atoms with Crippen LogP contribution >= 0.6 is 0 Å². The highest BCUT2D eigenvalue weighted by Crippen LogP contribution is 1.99. The van der Waals surface area contributed by atoms with Crippen LogP contribution in [0.3, 0.4) is 0 Å². The normalized spacial score (nSPS) is 13.7. The molecule has 2 atom stereocenters. The largest absolute Gasteiger partial charge is 0.480 e. The summed E-state index contributed by atoms with van der Waals surface area (Å²) in [4.78, 5) is 21.4. The van der Waals surface area contributed by atoms with Gasteiger partial charge < -0.3 is 21.3 Å². The molecule has 0 radical (unpaired) electrons. The third kappa shape index (κ3) is 7.12. The van der Waals surface area contributed by atoms with Gasteiger partial charge in [0.15, 0.2) is 5.96 Å². The molecule has 7 N–H and O–H groups in total. The quantitative estimate of drug-likeness (QED) is 0.178. The van der Waals surface area contributed by atoms with Crippen LogP contribution in [0.5, 0.6) is 0 Å². The van der Waals surface area contributed by atoms with Gasteiger partial charge in [-0.3, -0.25) is 20.3 Å². The number of aliphatic carboxylic acids is 2. The second kappa shape index (κ2) is 7.44. The lowest BCUT2D eigenvalue weighted by Crippen LogP contribution is -2.46. The van der Waals surface area contributed by atoms with E-state index in [2.05, 4.69) is 10.6 Å². The van der Waals surface area contributed by atoms with Crippen LogP contribution in [0.1, 0.15) is 19.8 Å². The molecule has 0 heterocycles. The van der Waals surface area contributed by atoms with Crippen LogP contribution in [0.4, 0.5) is 0 Å². The van der Waals surface area contributed by atoms with Crippen LogP contribution in [0, 0.1) is 5.41 Å². The maximum atomic E-state index is 10.8. The smallest absolute Gasteiger partial charge is 0.320 e. The number of rotatable bonds is 8. The van der Waals surface area contributed by atoms with Crippen LogP contribution in [-0.4, -0.2) is 46.7 Å². The molecule has 0 saturated carbocycles. The SMILES string of the molecule is C[C@H](N[C@@H](CCCNC(=N)N)C(=O)O)C(=O)O. The average Bonchev–Trinajstić information content (AvgIpc) is 2.21. The summed E-state index contributed by atoms with van der Waals surface area (Å²) in [6, 6.07) is -1.84. The van der Waals surface area contributed by atoms with Gasteiger partial charge in [-0.2, -0.15) is 0 Å². The Kier molecular flexibility index (Phi) is 6.64. The minimum absolute atomic E-state index is 0.177. The van der Waals surface area contributed by atoms with E-state index in [1.807, 2.05) is 0 Å². The van der Waals surface area contributed by atoms with Crippen molar-refractivity contribution < 1.29 is 19.8 Å².